The van der Waals surface area contributed by atoms with Gasteiger partial charge in [-0.2, -0.15) is 0 Å². The van der Waals surface area contributed by atoms with Crippen LogP contribution in [0.25, 0.3) is 0 Å². The molecule has 1 aromatic carbocycles. The van der Waals surface area contributed by atoms with Gasteiger partial charge in [0.05, 0.1) is 31.9 Å². The van der Waals surface area contributed by atoms with Gasteiger partial charge in [-0.25, -0.2) is 0 Å². The second kappa shape index (κ2) is 7.77. The molecule has 1 atom stereocenters. The number of carbonyl (C=O) groups excluding carboxylic acids is 2. The summed E-state index contributed by atoms with van der Waals surface area (Å²) in [4.78, 5) is 23.2. The highest BCUT2D eigenvalue weighted by Gasteiger charge is 2.18. The first-order valence-corrected chi connectivity index (χ1v) is 7.16. The molecule has 2 rings (SSSR count). The average Bonchev–Trinajstić information content (AvgIpc) is 2.48. The zero-order valence-electron chi connectivity index (χ0n) is 12.8. The van der Waals surface area contributed by atoms with Gasteiger partial charge in [0.2, 0.25) is 11.8 Å². The molecular weight excluding hydrogens is 286 g/mol. The highest BCUT2D eigenvalue weighted by atomic mass is 16.5. The Hall–Kier alpha value is -2.12. The van der Waals surface area contributed by atoms with E-state index in [2.05, 4.69) is 16.0 Å². The molecule has 0 aliphatic carbocycles. The van der Waals surface area contributed by atoms with E-state index in [0.717, 1.165) is 6.54 Å². The third kappa shape index (κ3) is 4.71. The van der Waals surface area contributed by atoms with Gasteiger partial charge in [-0.05, 0) is 18.2 Å². The Morgan fingerprint density at radius 1 is 1.41 bits per heavy atom. The number of benzene rings is 1. The highest BCUT2D eigenvalue weighted by Crippen LogP contribution is 2.28. The van der Waals surface area contributed by atoms with Crippen molar-refractivity contribution in [3.05, 3.63) is 18.2 Å². The number of carbonyl (C=O) groups is 2. The predicted molar refractivity (Wildman–Crippen MR) is 83.2 cm³/mol. The lowest BCUT2D eigenvalue weighted by Crippen LogP contribution is -2.40. The molecule has 3 N–H and O–H groups in total. The molecular formula is C15H21N3O4. The number of hydrogen-bond donors (Lipinski definition) is 3. The van der Waals surface area contributed by atoms with Gasteiger partial charge in [-0.15, -0.1) is 0 Å². The fourth-order valence-electron chi connectivity index (χ4n) is 2.25. The fraction of sp³-hybridized carbons (Fsp3) is 0.467. The van der Waals surface area contributed by atoms with E-state index >= 15 is 0 Å². The molecule has 7 nitrogen and oxygen atoms in total. The Labute approximate surface area is 129 Å². The third-order valence-corrected chi connectivity index (χ3v) is 3.21. The van der Waals surface area contributed by atoms with Gasteiger partial charge < -0.3 is 25.4 Å². The molecule has 1 unspecified atom stereocenters. The Kier molecular flexibility index (Phi) is 5.74. The Bertz CT molecular complexity index is 542. The Morgan fingerprint density at radius 3 is 2.86 bits per heavy atom. The van der Waals surface area contributed by atoms with Crippen LogP contribution in [0.15, 0.2) is 18.2 Å². The maximum atomic E-state index is 12.1. The normalized spacial score (nSPS) is 17.6. The number of nitrogens with one attached hydrogen (secondary N) is 3. The standard InChI is InChI=1S/C15H21N3O4/c1-10(19)17-11-3-4-14(21-2)13(7-11)18-15(20)8-12-9-16-5-6-22-12/h3-4,7,12,16H,5-6,8-9H2,1-2H3,(H,17,19)(H,18,20). The van der Waals surface area contributed by atoms with Crippen LogP contribution in [0.5, 0.6) is 5.75 Å². The molecule has 1 fully saturated rings. The number of methoxy groups -OCH3 is 1. The van der Waals surface area contributed by atoms with Crippen LogP contribution in [0.2, 0.25) is 0 Å². The third-order valence-electron chi connectivity index (χ3n) is 3.21. The van der Waals surface area contributed by atoms with Gasteiger partial charge in [-0.3, -0.25) is 9.59 Å². The maximum Gasteiger partial charge on any atom is 0.227 e. The molecule has 2 amide bonds. The van der Waals surface area contributed by atoms with E-state index in [1.54, 1.807) is 18.2 Å². The molecule has 7 heteroatoms. The lowest BCUT2D eigenvalue weighted by molar-refractivity contribution is -0.119. The summed E-state index contributed by atoms with van der Waals surface area (Å²) in [5.74, 6) is 0.196. The molecule has 0 aromatic heterocycles. The number of anilines is 2. The van der Waals surface area contributed by atoms with Gasteiger partial charge in [0.1, 0.15) is 5.75 Å². The number of morpholine rings is 1. The van der Waals surface area contributed by atoms with Gasteiger partial charge in [-0.1, -0.05) is 0 Å². The summed E-state index contributed by atoms with van der Waals surface area (Å²) >= 11 is 0. The Balaban J connectivity index is 2.02. The zero-order valence-corrected chi connectivity index (χ0v) is 12.8. The number of ether oxygens (including phenoxy) is 2. The largest absolute Gasteiger partial charge is 0.495 e. The topological polar surface area (TPSA) is 88.7 Å². The summed E-state index contributed by atoms with van der Waals surface area (Å²) in [6, 6.07) is 5.07. The van der Waals surface area contributed by atoms with Crippen molar-refractivity contribution in [1.29, 1.82) is 0 Å². The minimum Gasteiger partial charge on any atom is -0.495 e. The minimum atomic E-state index is -0.177. The summed E-state index contributed by atoms with van der Waals surface area (Å²) in [6.45, 7) is 3.51. The first kappa shape index (κ1) is 16.3. The summed E-state index contributed by atoms with van der Waals surface area (Å²) in [7, 11) is 1.53. The van der Waals surface area contributed by atoms with Gasteiger partial charge >= 0.3 is 0 Å². The number of rotatable bonds is 5. The summed E-state index contributed by atoms with van der Waals surface area (Å²) in [5, 5.41) is 8.65. The van der Waals surface area contributed by atoms with Crippen LogP contribution >= 0.6 is 0 Å². The van der Waals surface area contributed by atoms with Crippen molar-refractivity contribution in [3.8, 4) is 5.75 Å². The molecule has 0 saturated carbocycles. The summed E-state index contributed by atoms with van der Waals surface area (Å²) < 4.78 is 10.7. The molecule has 1 heterocycles. The quantitative estimate of drug-likeness (QED) is 0.754. The van der Waals surface area contributed by atoms with Crippen LogP contribution in [-0.4, -0.2) is 44.7 Å². The first-order valence-electron chi connectivity index (χ1n) is 7.16. The smallest absolute Gasteiger partial charge is 0.227 e. The molecule has 0 spiro atoms. The fourth-order valence-corrected chi connectivity index (χ4v) is 2.25. The van der Waals surface area contributed by atoms with Crippen LogP contribution in [0.1, 0.15) is 13.3 Å². The molecule has 0 radical (unpaired) electrons. The molecule has 120 valence electrons. The van der Waals surface area contributed by atoms with Crippen LogP contribution in [0.3, 0.4) is 0 Å². The van der Waals surface area contributed by atoms with E-state index in [1.807, 2.05) is 0 Å². The van der Waals surface area contributed by atoms with Crippen LogP contribution in [0, 0.1) is 0 Å². The molecule has 1 aromatic rings. The van der Waals surface area contributed by atoms with Crippen LogP contribution in [0.4, 0.5) is 11.4 Å². The van der Waals surface area contributed by atoms with Crippen LogP contribution < -0.4 is 20.7 Å². The Morgan fingerprint density at radius 2 is 2.23 bits per heavy atom. The zero-order chi connectivity index (χ0) is 15.9. The maximum absolute atomic E-state index is 12.1. The van der Waals surface area contributed by atoms with Crippen molar-refractivity contribution < 1.29 is 19.1 Å². The van der Waals surface area contributed by atoms with E-state index in [0.29, 0.717) is 30.3 Å². The monoisotopic (exact) mass is 307 g/mol. The summed E-state index contributed by atoms with van der Waals surface area (Å²) in [6.07, 6.45) is 0.138. The van der Waals surface area contributed by atoms with E-state index in [1.165, 1.54) is 14.0 Å². The predicted octanol–water partition coefficient (Wildman–Crippen LogP) is 0.971. The van der Waals surface area contributed by atoms with E-state index in [9.17, 15) is 9.59 Å². The SMILES string of the molecule is COc1ccc(NC(C)=O)cc1NC(=O)CC1CNCCO1. The van der Waals surface area contributed by atoms with Gasteiger partial charge in [0.15, 0.2) is 0 Å². The average molecular weight is 307 g/mol. The van der Waals surface area contributed by atoms with Crippen molar-refractivity contribution in [2.75, 3.05) is 37.4 Å². The molecule has 1 saturated heterocycles. The first-order chi connectivity index (χ1) is 10.6. The van der Waals surface area contributed by atoms with Crippen molar-refractivity contribution in [2.45, 2.75) is 19.4 Å². The van der Waals surface area contributed by atoms with Crippen LogP contribution in [-0.2, 0) is 14.3 Å². The van der Waals surface area contributed by atoms with E-state index in [4.69, 9.17) is 9.47 Å². The van der Waals surface area contributed by atoms with E-state index < -0.39 is 0 Å². The lowest BCUT2D eigenvalue weighted by atomic mass is 10.2. The van der Waals surface area contributed by atoms with Crippen molar-refractivity contribution >= 4 is 23.2 Å². The van der Waals surface area contributed by atoms with Gasteiger partial charge in [0.25, 0.3) is 0 Å². The molecule has 0 bridgehead atoms. The molecule has 1 aliphatic heterocycles. The molecule has 1 aliphatic rings. The second-order valence-corrected chi connectivity index (χ2v) is 5.05. The highest BCUT2D eigenvalue weighted by molar-refractivity contribution is 5.95. The van der Waals surface area contributed by atoms with Crippen molar-refractivity contribution in [3.63, 3.8) is 0 Å². The number of amides is 2. The van der Waals surface area contributed by atoms with Crippen molar-refractivity contribution in [2.24, 2.45) is 0 Å². The second-order valence-electron chi connectivity index (χ2n) is 5.05. The lowest BCUT2D eigenvalue weighted by Gasteiger charge is -2.23. The molecule has 22 heavy (non-hydrogen) atoms. The number of hydrogen-bond acceptors (Lipinski definition) is 5. The summed E-state index contributed by atoms with van der Waals surface area (Å²) in [5.41, 5.74) is 1.11. The van der Waals surface area contributed by atoms with Gasteiger partial charge in [0, 0.05) is 25.7 Å². The van der Waals surface area contributed by atoms with Crippen molar-refractivity contribution in [1.82, 2.24) is 5.32 Å². The minimum absolute atomic E-state index is 0.127. The van der Waals surface area contributed by atoms with E-state index in [-0.39, 0.29) is 24.3 Å².